The third kappa shape index (κ3) is 3.96. The molecule has 2 unspecified atom stereocenters. The second-order valence-corrected chi connectivity index (χ2v) is 7.72. The van der Waals surface area contributed by atoms with Crippen LogP contribution in [0, 0.1) is 17.3 Å². The molecule has 2 rings (SSSR count). The van der Waals surface area contributed by atoms with E-state index in [1.54, 1.807) is 0 Å². The Hall–Kier alpha value is -0.0800. The Bertz CT molecular complexity index is 259. The van der Waals surface area contributed by atoms with Gasteiger partial charge in [0, 0.05) is 25.8 Å². The van der Waals surface area contributed by atoms with E-state index in [0.29, 0.717) is 5.41 Å². The quantitative estimate of drug-likeness (QED) is 0.700. The van der Waals surface area contributed by atoms with Crippen molar-refractivity contribution in [2.75, 3.05) is 20.3 Å². The summed E-state index contributed by atoms with van der Waals surface area (Å²) in [4.78, 5) is 0. The number of fused-ring (bicyclic) bond motifs is 1. The van der Waals surface area contributed by atoms with Crippen molar-refractivity contribution < 1.29 is 4.74 Å². The van der Waals surface area contributed by atoms with Crippen LogP contribution in [0.3, 0.4) is 0 Å². The lowest BCUT2D eigenvalue weighted by atomic mass is 9.78. The minimum atomic E-state index is 0.256. The van der Waals surface area contributed by atoms with E-state index in [1.807, 2.05) is 7.11 Å². The number of unbranched alkanes of at least 4 members (excludes halogenated alkanes) is 1. The Morgan fingerprint density at radius 2 is 1.83 bits per heavy atom. The first-order valence-corrected chi connectivity index (χ1v) is 7.68. The van der Waals surface area contributed by atoms with E-state index in [0.717, 1.165) is 18.4 Å². The number of nitrogens with one attached hydrogen (secondary N) is 1. The molecule has 2 nitrogen and oxygen atoms in total. The standard InChI is InChI=1S/C16H31NO/c1-15(2,3)17-12-16(7-5-6-8-18-4)10-13-9-14(13)11-16/h13-14,17H,5-12H2,1-4H3. The fraction of sp³-hybridized carbons (Fsp3) is 1.00. The topological polar surface area (TPSA) is 21.3 Å². The Kier molecular flexibility index (Phi) is 4.38. The second-order valence-electron chi connectivity index (χ2n) is 7.72. The maximum Gasteiger partial charge on any atom is 0.0462 e. The van der Waals surface area contributed by atoms with Gasteiger partial charge in [0.2, 0.25) is 0 Å². The Labute approximate surface area is 113 Å². The van der Waals surface area contributed by atoms with Crippen LogP contribution in [0.5, 0.6) is 0 Å². The van der Waals surface area contributed by atoms with Crippen molar-refractivity contribution in [3.8, 4) is 0 Å². The zero-order chi connectivity index (χ0) is 13.2. The average Bonchev–Trinajstić information content (AvgIpc) is 2.90. The van der Waals surface area contributed by atoms with Crippen molar-refractivity contribution in [2.45, 2.75) is 64.8 Å². The first-order chi connectivity index (χ1) is 8.44. The van der Waals surface area contributed by atoms with E-state index in [-0.39, 0.29) is 5.54 Å². The van der Waals surface area contributed by atoms with Crippen LogP contribution in [0.25, 0.3) is 0 Å². The van der Waals surface area contributed by atoms with E-state index >= 15 is 0 Å². The summed E-state index contributed by atoms with van der Waals surface area (Å²) in [5.74, 6) is 2.16. The van der Waals surface area contributed by atoms with Crippen LogP contribution in [0.2, 0.25) is 0 Å². The summed E-state index contributed by atoms with van der Waals surface area (Å²) in [6.45, 7) is 8.98. The van der Waals surface area contributed by atoms with Crippen LogP contribution < -0.4 is 5.32 Å². The van der Waals surface area contributed by atoms with Crippen molar-refractivity contribution in [3.05, 3.63) is 0 Å². The van der Waals surface area contributed by atoms with Gasteiger partial charge in [0.05, 0.1) is 0 Å². The summed E-state index contributed by atoms with van der Waals surface area (Å²) >= 11 is 0. The number of hydrogen-bond acceptors (Lipinski definition) is 2. The largest absolute Gasteiger partial charge is 0.385 e. The van der Waals surface area contributed by atoms with Crippen LogP contribution in [-0.4, -0.2) is 25.8 Å². The van der Waals surface area contributed by atoms with E-state index in [4.69, 9.17) is 4.74 Å². The predicted molar refractivity (Wildman–Crippen MR) is 76.7 cm³/mol. The van der Waals surface area contributed by atoms with Crippen molar-refractivity contribution in [2.24, 2.45) is 17.3 Å². The second kappa shape index (κ2) is 5.50. The molecule has 2 fully saturated rings. The molecule has 0 aromatic heterocycles. The number of rotatable bonds is 7. The van der Waals surface area contributed by atoms with Gasteiger partial charge in [0.1, 0.15) is 0 Å². The predicted octanol–water partition coefficient (Wildman–Crippen LogP) is 3.61. The third-order valence-electron chi connectivity index (χ3n) is 4.76. The summed E-state index contributed by atoms with van der Waals surface area (Å²) in [6, 6.07) is 0. The van der Waals surface area contributed by atoms with Crippen LogP contribution in [0.4, 0.5) is 0 Å². The van der Waals surface area contributed by atoms with Gasteiger partial charge in [-0.3, -0.25) is 0 Å². The molecule has 2 atom stereocenters. The first-order valence-electron chi connectivity index (χ1n) is 7.68. The summed E-state index contributed by atoms with van der Waals surface area (Å²) < 4.78 is 5.17. The molecule has 2 saturated carbocycles. The van der Waals surface area contributed by atoms with E-state index < -0.39 is 0 Å². The zero-order valence-electron chi connectivity index (χ0n) is 12.7. The molecule has 0 spiro atoms. The highest BCUT2D eigenvalue weighted by Gasteiger charge is 2.53. The third-order valence-corrected chi connectivity index (χ3v) is 4.76. The molecule has 0 amide bonds. The normalized spacial score (nSPS) is 34.7. The Morgan fingerprint density at radius 1 is 1.17 bits per heavy atom. The number of methoxy groups -OCH3 is 1. The van der Waals surface area contributed by atoms with Crippen molar-refractivity contribution in [1.29, 1.82) is 0 Å². The van der Waals surface area contributed by atoms with Crippen LogP contribution in [0.15, 0.2) is 0 Å². The highest BCUT2D eigenvalue weighted by Crippen LogP contribution is 2.61. The van der Waals surface area contributed by atoms with Gasteiger partial charge in [-0.2, -0.15) is 0 Å². The number of hydrogen-bond donors (Lipinski definition) is 1. The van der Waals surface area contributed by atoms with Gasteiger partial charge >= 0.3 is 0 Å². The fourth-order valence-corrected chi connectivity index (χ4v) is 3.64. The van der Waals surface area contributed by atoms with Crippen LogP contribution in [-0.2, 0) is 4.74 Å². The van der Waals surface area contributed by atoms with Crippen LogP contribution in [0.1, 0.15) is 59.3 Å². The van der Waals surface area contributed by atoms with Gasteiger partial charge in [-0.25, -0.2) is 0 Å². The molecular weight excluding hydrogens is 222 g/mol. The average molecular weight is 253 g/mol. The van der Waals surface area contributed by atoms with Gasteiger partial charge < -0.3 is 10.1 Å². The maximum absolute atomic E-state index is 5.17. The monoisotopic (exact) mass is 253 g/mol. The van der Waals surface area contributed by atoms with Crippen LogP contribution >= 0.6 is 0 Å². The van der Waals surface area contributed by atoms with Crippen molar-refractivity contribution in [1.82, 2.24) is 5.32 Å². The number of ether oxygens (including phenoxy) is 1. The zero-order valence-corrected chi connectivity index (χ0v) is 12.7. The van der Waals surface area contributed by atoms with Crippen molar-refractivity contribution in [3.63, 3.8) is 0 Å². The molecule has 0 radical (unpaired) electrons. The lowest BCUT2D eigenvalue weighted by Crippen LogP contribution is -2.43. The molecule has 2 heteroatoms. The van der Waals surface area contributed by atoms with E-state index in [9.17, 15) is 0 Å². The molecule has 0 aromatic rings. The molecule has 0 heterocycles. The highest BCUT2D eigenvalue weighted by molar-refractivity contribution is 5.04. The van der Waals surface area contributed by atoms with Gasteiger partial charge in [0.15, 0.2) is 0 Å². The SMILES string of the molecule is COCCCCC1(CNC(C)(C)C)CC2CC2C1. The molecule has 0 bridgehead atoms. The molecule has 0 aliphatic heterocycles. The smallest absolute Gasteiger partial charge is 0.0462 e. The highest BCUT2D eigenvalue weighted by atomic mass is 16.5. The molecule has 2 aliphatic rings. The minimum Gasteiger partial charge on any atom is -0.385 e. The molecule has 18 heavy (non-hydrogen) atoms. The van der Waals surface area contributed by atoms with E-state index in [2.05, 4.69) is 26.1 Å². The summed E-state index contributed by atoms with van der Waals surface area (Å²) in [5.41, 5.74) is 0.862. The minimum absolute atomic E-state index is 0.256. The molecule has 2 aliphatic carbocycles. The van der Waals surface area contributed by atoms with Gasteiger partial charge in [0.25, 0.3) is 0 Å². The molecule has 0 aromatic carbocycles. The molecule has 106 valence electrons. The lowest BCUT2D eigenvalue weighted by molar-refractivity contribution is 0.169. The molecule has 1 N–H and O–H groups in total. The molecule has 0 saturated heterocycles. The summed E-state index contributed by atoms with van der Waals surface area (Å²) in [6.07, 6.45) is 8.44. The Balaban J connectivity index is 1.80. The summed E-state index contributed by atoms with van der Waals surface area (Å²) in [7, 11) is 1.81. The van der Waals surface area contributed by atoms with E-state index in [1.165, 1.54) is 45.1 Å². The van der Waals surface area contributed by atoms with Crippen molar-refractivity contribution >= 4 is 0 Å². The first kappa shape index (κ1) is 14.3. The van der Waals surface area contributed by atoms with Gasteiger partial charge in [-0.05, 0) is 70.1 Å². The van der Waals surface area contributed by atoms with Gasteiger partial charge in [-0.1, -0.05) is 6.42 Å². The van der Waals surface area contributed by atoms with Gasteiger partial charge in [-0.15, -0.1) is 0 Å². The fourth-order valence-electron chi connectivity index (χ4n) is 3.64. The summed E-state index contributed by atoms with van der Waals surface area (Å²) in [5, 5.41) is 3.76. The lowest BCUT2D eigenvalue weighted by Gasteiger charge is -2.35. The molecular formula is C16H31NO. The Morgan fingerprint density at radius 3 is 2.39 bits per heavy atom. The maximum atomic E-state index is 5.17.